The highest BCUT2D eigenvalue weighted by Crippen LogP contribution is 2.23. The monoisotopic (exact) mass is 308 g/mol. The first-order chi connectivity index (χ1) is 9.99. The standard InChI is InChI=1S/C14H17ClN4O2/c1-9-16-13(18-17-9)8-19(2)14(20)7-10-6-11(15)4-5-12(10)21-3/h4-6H,7-8H2,1-3H3,(H,16,17,18). The molecular formula is C14H17ClN4O2. The highest BCUT2D eigenvalue weighted by atomic mass is 35.5. The number of likely N-dealkylation sites (N-methyl/N-ethyl adjacent to an activating group) is 1. The van der Waals surface area contributed by atoms with E-state index in [9.17, 15) is 4.79 Å². The minimum atomic E-state index is -0.0574. The van der Waals surface area contributed by atoms with Crippen LogP contribution < -0.4 is 4.74 Å². The Labute approximate surface area is 128 Å². The lowest BCUT2D eigenvalue weighted by atomic mass is 10.1. The first-order valence-corrected chi connectivity index (χ1v) is 6.81. The number of ether oxygens (including phenoxy) is 1. The number of hydrogen-bond acceptors (Lipinski definition) is 4. The van der Waals surface area contributed by atoms with Gasteiger partial charge in [-0.25, -0.2) is 4.98 Å². The van der Waals surface area contributed by atoms with E-state index in [1.807, 2.05) is 6.92 Å². The molecule has 0 bridgehead atoms. The van der Waals surface area contributed by atoms with Gasteiger partial charge in [-0.05, 0) is 25.1 Å². The Morgan fingerprint density at radius 2 is 2.24 bits per heavy atom. The van der Waals surface area contributed by atoms with Crippen LogP contribution in [0.4, 0.5) is 0 Å². The molecule has 2 aromatic rings. The van der Waals surface area contributed by atoms with Gasteiger partial charge in [-0.15, -0.1) is 0 Å². The van der Waals surface area contributed by atoms with E-state index < -0.39 is 0 Å². The molecule has 0 aliphatic heterocycles. The summed E-state index contributed by atoms with van der Waals surface area (Å²) in [6.07, 6.45) is 0.212. The average Bonchev–Trinajstić information content (AvgIpc) is 2.84. The summed E-state index contributed by atoms with van der Waals surface area (Å²) in [5.41, 5.74) is 0.757. The van der Waals surface area contributed by atoms with Crippen molar-refractivity contribution < 1.29 is 9.53 Å². The molecule has 1 N–H and O–H groups in total. The number of carbonyl (C=O) groups is 1. The number of hydrogen-bond donors (Lipinski definition) is 1. The molecule has 0 spiro atoms. The van der Waals surface area contributed by atoms with Crippen molar-refractivity contribution in [2.75, 3.05) is 14.2 Å². The number of aryl methyl sites for hydroxylation is 1. The highest BCUT2D eigenvalue weighted by molar-refractivity contribution is 6.30. The average molecular weight is 309 g/mol. The molecule has 0 fully saturated rings. The van der Waals surface area contributed by atoms with Crippen molar-refractivity contribution in [3.8, 4) is 5.75 Å². The second-order valence-corrected chi connectivity index (χ2v) is 5.16. The molecule has 21 heavy (non-hydrogen) atoms. The van der Waals surface area contributed by atoms with Crippen LogP contribution in [-0.2, 0) is 17.8 Å². The Hall–Kier alpha value is -2.08. The van der Waals surface area contributed by atoms with Crippen LogP contribution in [0.1, 0.15) is 17.2 Å². The normalized spacial score (nSPS) is 10.5. The zero-order valence-corrected chi connectivity index (χ0v) is 12.9. The number of halogens is 1. The van der Waals surface area contributed by atoms with Crippen LogP contribution in [0.25, 0.3) is 0 Å². The molecule has 0 atom stereocenters. The number of aromatic amines is 1. The third kappa shape index (κ3) is 3.95. The quantitative estimate of drug-likeness (QED) is 0.917. The number of H-pyrrole nitrogens is 1. The van der Waals surface area contributed by atoms with Gasteiger partial charge in [0.15, 0.2) is 5.82 Å². The van der Waals surface area contributed by atoms with Crippen molar-refractivity contribution in [1.29, 1.82) is 0 Å². The van der Waals surface area contributed by atoms with Crippen molar-refractivity contribution in [1.82, 2.24) is 20.1 Å². The van der Waals surface area contributed by atoms with Gasteiger partial charge in [-0.1, -0.05) is 11.6 Å². The number of aromatic nitrogens is 3. The number of nitrogens with zero attached hydrogens (tertiary/aromatic N) is 3. The van der Waals surface area contributed by atoms with E-state index in [0.717, 1.165) is 11.4 Å². The van der Waals surface area contributed by atoms with Crippen LogP contribution >= 0.6 is 11.6 Å². The summed E-state index contributed by atoms with van der Waals surface area (Å²) in [5, 5.41) is 7.34. The van der Waals surface area contributed by atoms with Gasteiger partial charge in [-0.2, -0.15) is 5.10 Å². The van der Waals surface area contributed by atoms with Crippen LogP contribution in [0.5, 0.6) is 5.75 Å². The van der Waals surface area contributed by atoms with Gasteiger partial charge in [0.2, 0.25) is 5.91 Å². The Bertz CT molecular complexity index is 642. The van der Waals surface area contributed by atoms with Gasteiger partial charge < -0.3 is 9.64 Å². The van der Waals surface area contributed by atoms with Crippen LogP contribution in [0.15, 0.2) is 18.2 Å². The zero-order chi connectivity index (χ0) is 15.4. The predicted octanol–water partition coefficient (Wildman–Crippen LogP) is 1.98. The fourth-order valence-electron chi connectivity index (χ4n) is 1.94. The van der Waals surface area contributed by atoms with E-state index >= 15 is 0 Å². The van der Waals surface area contributed by atoms with E-state index in [1.54, 1.807) is 37.3 Å². The molecular weight excluding hydrogens is 292 g/mol. The molecule has 0 aliphatic carbocycles. The summed E-state index contributed by atoms with van der Waals surface area (Å²) in [6, 6.07) is 5.22. The molecule has 0 saturated heterocycles. The SMILES string of the molecule is COc1ccc(Cl)cc1CC(=O)N(C)Cc1n[nH]c(C)n1. The molecule has 112 valence electrons. The van der Waals surface area contributed by atoms with E-state index in [0.29, 0.717) is 23.1 Å². The molecule has 1 aromatic carbocycles. The van der Waals surface area contributed by atoms with Gasteiger partial charge >= 0.3 is 0 Å². The van der Waals surface area contributed by atoms with Crippen molar-refractivity contribution in [3.05, 3.63) is 40.4 Å². The first kappa shape index (κ1) is 15.3. The number of carbonyl (C=O) groups excluding carboxylic acids is 1. The Balaban J connectivity index is 2.05. The fourth-order valence-corrected chi connectivity index (χ4v) is 2.14. The Morgan fingerprint density at radius 1 is 1.48 bits per heavy atom. The van der Waals surface area contributed by atoms with Crippen molar-refractivity contribution in [2.45, 2.75) is 19.9 Å². The van der Waals surface area contributed by atoms with Crippen LogP contribution in [-0.4, -0.2) is 40.1 Å². The molecule has 7 heteroatoms. The lowest BCUT2D eigenvalue weighted by Gasteiger charge is -2.16. The van der Waals surface area contributed by atoms with Gasteiger partial charge in [0.25, 0.3) is 0 Å². The summed E-state index contributed by atoms with van der Waals surface area (Å²) in [4.78, 5) is 18.0. The topological polar surface area (TPSA) is 71.1 Å². The number of amides is 1. The molecule has 0 aliphatic rings. The number of methoxy groups -OCH3 is 1. The van der Waals surface area contributed by atoms with Crippen LogP contribution in [0, 0.1) is 6.92 Å². The second kappa shape index (κ2) is 6.58. The maximum absolute atomic E-state index is 12.3. The molecule has 0 radical (unpaired) electrons. The zero-order valence-electron chi connectivity index (χ0n) is 12.2. The van der Waals surface area contributed by atoms with Crippen molar-refractivity contribution >= 4 is 17.5 Å². The van der Waals surface area contributed by atoms with Crippen LogP contribution in [0.2, 0.25) is 5.02 Å². The van der Waals surface area contributed by atoms with Gasteiger partial charge in [0.1, 0.15) is 11.6 Å². The molecule has 1 amide bonds. The van der Waals surface area contributed by atoms with Crippen molar-refractivity contribution in [2.24, 2.45) is 0 Å². The molecule has 6 nitrogen and oxygen atoms in total. The molecule has 1 heterocycles. The largest absolute Gasteiger partial charge is 0.496 e. The van der Waals surface area contributed by atoms with E-state index in [-0.39, 0.29) is 12.3 Å². The number of rotatable bonds is 5. The van der Waals surface area contributed by atoms with Gasteiger partial charge in [0.05, 0.1) is 20.1 Å². The molecule has 0 saturated carbocycles. The third-order valence-corrected chi connectivity index (χ3v) is 3.27. The fraction of sp³-hybridized carbons (Fsp3) is 0.357. The maximum Gasteiger partial charge on any atom is 0.227 e. The first-order valence-electron chi connectivity index (χ1n) is 6.44. The van der Waals surface area contributed by atoms with E-state index in [2.05, 4.69) is 15.2 Å². The summed E-state index contributed by atoms with van der Waals surface area (Å²) in [7, 11) is 3.28. The summed E-state index contributed by atoms with van der Waals surface area (Å²) >= 11 is 5.96. The van der Waals surface area contributed by atoms with E-state index in [4.69, 9.17) is 16.3 Å². The number of nitrogens with one attached hydrogen (secondary N) is 1. The summed E-state index contributed by atoms with van der Waals surface area (Å²) < 4.78 is 5.24. The smallest absolute Gasteiger partial charge is 0.227 e. The molecule has 2 rings (SSSR count). The summed E-state index contributed by atoms with van der Waals surface area (Å²) in [6.45, 7) is 2.17. The van der Waals surface area contributed by atoms with Crippen molar-refractivity contribution in [3.63, 3.8) is 0 Å². The minimum absolute atomic E-state index is 0.0574. The Kier molecular flexibility index (Phi) is 4.80. The second-order valence-electron chi connectivity index (χ2n) is 4.72. The third-order valence-electron chi connectivity index (χ3n) is 3.03. The Morgan fingerprint density at radius 3 is 2.86 bits per heavy atom. The minimum Gasteiger partial charge on any atom is -0.496 e. The highest BCUT2D eigenvalue weighted by Gasteiger charge is 2.15. The van der Waals surface area contributed by atoms with Gasteiger partial charge in [-0.3, -0.25) is 9.89 Å². The predicted molar refractivity (Wildman–Crippen MR) is 79.3 cm³/mol. The van der Waals surface area contributed by atoms with E-state index in [1.165, 1.54) is 0 Å². The van der Waals surface area contributed by atoms with Crippen LogP contribution in [0.3, 0.4) is 0 Å². The maximum atomic E-state index is 12.3. The number of benzene rings is 1. The lowest BCUT2D eigenvalue weighted by molar-refractivity contribution is -0.129. The lowest BCUT2D eigenvalue weighted by Crippen LogP contribution is -2.28. The molecule has 0 unspecified atom stereocenters. The molecule has 1 aromatic heterocycles. The van der Waals surface area contributed by atoms with Gasteiger partial charge in [0, 0.05) is 17.6 Å². The summed E-state index contributed by atoms with van der Waals surface area (Å²) in [5.74, 6) is 1.90.